The van der Waals surface area contributed by atoms with Crippen LogP contribution in [0.5, 0.6) is 0 Å². The summed E-state index contributed by atoms with van der Waals surface area (Å²) in [4.78, 5) is 10.2. The molecule has 0 amide bonds. The molecule has 3 N–H and O–H groups in total. The van der Waals surface area contributed by atoms with Crippen molar-refractivity contribution >= 4 is 5.97 Å². The zero-order chi connectivity index (χ0) is 7.44. The molecule has 0 spiro atoms. The van der Waals surface area contributed by atoms with Crippen molar-refractivity contribution in [2.75, 3.05) is 6.54 Å². The van der Waals surface area contributed by atoms with Crippen LogP contribution < -0.4 is 5.73 Å². The van der Waals surface area contributed by atoms with Crippen molar-refractivity contribution < 1.29 is 9.90 Å². The van der Waals surface area contributed by atoms with Crippen molar-refractivity contribution in [1.82, 2.24) is 0 Å². The SMILES string of the molecule is CC(CN)[C@@H](C)C(=O)O. The molecule has 3 nitrogen and oxygen atoms in total. The summed E-state index contributed by atoms with van der Waals surface area (Å²) in [6, 6.07) is 0. The maximum absolute atomic E-state index is 10.2. The Hall–Kier alpha value is -0.570. The first-order chi connectivity index (χ1) is 4.09. The minimum absolute atomic E-state index is 0.0718. The van der Waals surface area contributed by atoms with E-state index >= 15 is 0 Å². The van der Waals surface area contributed by atoms with Crippen molar-refractivity contribution in [1.29, 1.82) is 0 Å². The number of carboxylic acid groups (broad SMARTS) is 1. The lowest BCUT2D eigenvalue weighted by molar-refractivity contribution is -0.142. The summed E-state index contributed by atoms with van der Waals surface area (Å²) in [5, 5.41) is 8.43. The Kier molecular flexibility index (Phi) is 3.24. The van der Waals surface area contributed by atoms with Gasteiger partial charge in [0.15, 0.2) is 0 Å². The molecule has 0 aromatic rings. The van der Waals surface area contributed by atoms with Gasteiger partial charge in [-0.25, -0.2) is 0 Å². The van der Waals surface area contributed by atoms with Gasteiger partial charge in [-0.1, -0.05) is 13.8 Å². The fourth-order valence-corrected chi connectivity index (χ4v) is 0.448. The van der Waals surface area contributed by atoms with E-state index in [1.807, 2.05) is 6.92 Å². The van der Waals surface area contributed by atoms with Gasteiger partial charge in [0.05, 0.1) is 5.92 Å². The van der Waals surface area contributed by atoms with Crippen LogP contribution in [0.4, 0.5) is 0 Å². The van der Waals surface area contributed by atoms with Crippen molar-refractivity contribution in [2.45, 2.75) is 13.8 Å². The van der Waals surface area contributed by atoms with Gasteiger partial charge < -0.3 is 10.8 Å². The first kappa shape index (κ1) is 8.43. The van der Waals surface area contributed by atoms with Crippen LogP contribution in [0.3, 0.4) is 0 Å². The van der Waals surface area contributed by atoms with Crippen LogP contribution >= 0.6 is 0 Å². The van der Waals surface area contributed by atoms with Gasteiger partial charge in [0.25, 0.3) is 0 Å². The van der Waals surface area contributed by atoms with Gasteiger partial charge in [-0.05, 0) is 12.5 Å². The lowest BCUT2D eigenvalue weighted by Crippen LogP contribution is -2.24. The molecule has 0 rings (SSSR count). The molecule has 0 bridgehead atoms. The molecule has 0 aliphatic heterocycles. The molecule has 9 heavy (non-hydrogen) atoms. The maximum Gasteiger partial charge on any atom is 0.306 e. The molecule has 3 heteroatoms. The van der Waals surface area contributed by atoms with Gasteiger partial charge in [0.2, 0.25) is 0 Å². The number of aliphatic carboxylic acids is 1. The van der Waals surface area contributed by atoms with E-state index in [0.29, 0.717) is 6.54 Å². The Labute approximate surface area is 54.9 Å². The summed E-state index contributed by atoms with van der Waals surface area (Å²) in [5.41, 5.74) is 5.25. The fourth-order valence-electron chi connectivity index (χ4n) is 0.448. The molecule has 0 radical (unpaired) electrons. The Morgan fingerprint density at radius 1 is 1.67 bits per heavy atom. The summed E-state index contributed by atoms with van der Waals surface area (Å²) in [6.45, 7) is 3.94. The van der Waals surface area contributed by atoms with Gasteiger partial charge in [-0.15, -0.1) is 0 Å². The topological polar surface area (TPSA) is 63.3 Å². The standard InChI is InChI=1S/C6H13NO2/c1-4(3-7)5(2)6(8)9/h4-5H,3,7H2,1-2H3,(H,8,9)/t4?,5-/m1/s1. The van der Waals surface area contributed by atoms with Crippen LogP contribution in [0.2, 0.25) is 0 Å². The van der Waals surface area contributed by atoms with Crippen molar-refractivity contribution in [3.63, 3.8) is 0 Å². The molecule has 0 aromatic carbocycles. The molecule has 0 aromatic heterocycles. The summed E-state index contributed by atoms with van der Waals surface area (Å²) in [7, 11) is 0. The third kappa shape index (κ3) is 2.46. The third-order valence-electron chi connectivity index (χ3n) is 1.61. The predicted octanol–water partition coefficient (Wildman–Crippen LogP) is 0.302. The number of carbonyl (C=O) groups is 1. The Bertz CT molecular complexity index is 103. The van der Waals surface area contributed by atoms with Crippen LogP contribution in [0.1, 0.15) is 13.8 Å². The van der Waals surface area contributed by atoms with Gasteiger partial charge in [0, 0.05) is 0 Å². The Morgan fingerprint density at radius 3 is 2.22 bits per heavy atom. The molecular formula is C6H13NO2. The first-order valence-corrected chi connectivity index (χ1v) is 3.02. The van der Waals surface area contributed by atoms with Crippen LogP contribution in [-0.2, 0) is 4.79 Å². The summed E-state index contributed by atoms with van der Waals surface area (Å²) in [6.07, 6.45) is 0. The van der Waals surface area contributed by atoms with E-state index in [-0.39, 0.29) is 11.8 Å². The molecule has 0 heterocycles. The Morgan fingerprint density at radius 2 is 2.11 bits per heavy atom. The molecule has 54 valence electrons. The minimum atomic E-state index is -0.770. The highest BCUT2D eigenvalue weighted by molar-refractivity contribution is 5.69. The normalized spacial score (nSPS) is 16.8. The smallest absolute Gasteiger partial charge is 0.306 e. The quantitative estimate of drug-likeness (QED) is 0.579. The second kappa shape index (κ2) is 3.45. The van der Waals surface area contributed by atoms with E-state index < -0.39 is 5.97 Å². The van der Waals surface area contributed by atoms with E-state index in [1.54, 1.807) is 6.92 Å². The predicted molar refractivity (Wildman–Crippen MR) is 35.0 cm³/mol. The maximum atomic E-state index is 10.2. The minimum Gasteiger partial charge on any atom is -0.481 e. The lowest BCUT2D eigenvalue weighted by atomic mass is 9.97. The molecule has 1 unspecified atom stereocenters. The molecule has 0 aliphatic rings. The van der Waals surface area contributed by atoms with Gasteiger partial charge in [0.1, 0.15) is 0 Å². The third-order valence-corrected chi connectivity index (χ3v) is 1.61. The number of carboxylic acids is 1. The van der Waals surface area contributed by atoms with E-state index in [4.69, 9.17) is 10.8 Å². The van der Waals surface area contributed by atoms with Crippen LogP contribution in [0.15, 0.2) is 0 Å². The molecule has 0 saturated carbocycles. The highest BCUT2D eigenvalue weighted by Crippen LogP contribution is 2.07. The monoisotopic (exact) mass is 131 g/mol. The van der Waals surface area contributed by atoms with E-state index in [2.05, 4.69) is 0 Å². The van der Waals surface area contributed by atoms with Crippen molar-refractivity contribution in [2.24, 2.45) is 17.6 Å². The molecule has 0 fully saturated rings. The number of nitrogens with two attached hydrogens (primary N) is 1. The number of hydrogen-bond acceptors (Lipinski definition) is 2. The second-order valence-electron chi connectivity index (χ2n) is 2.34. The molecule has 2 atom stereocenters. The molecule has 0 saturated heterocycles. The van der Waals surface area contributed by atoms with Crippen molar-refractivity contribution in [3.05, 3.63) is 0 Å². The number of hydrogen-bond donors (Lipinski definition) is 2. The average molecular weight is 131 g/mol. The van der Waals surface area contributed by atoms with Crippen LogP contribution in [-0.4, -0.2) is 17.6 Å². The largest absolute Gasteiger partial charge is 0.481 e. The molecular weight excluding hydrogens is 118 g/mol. The van der Waals surface area contributed by atoms with Gasteiger partial charge in [-0.2, -0.15) is 0 Å². The van der Waals surface area contributed by atoms with Gasteiger partial charge in [-0.3, -0.25) is 4.79 Å². The molecule has 0 aliphatic carbocycles. The van der Waals surface area contributed by atoms with Crippen LogP contribution in [0, 0.1) is 11.8 Å². The summed E-state index contributed by atoms with van der Waals surface area (Å²) >= 11 is 0. The van der Waals surface area contributed by atoms with E-state index in [0.717, 1.165) is 0 Å². The zero-order valence-electron chi connectivity index (χ0n) is 5.79. The number of rotatable bonds is 3. The summed E-state index contributed by atoms with van der Waals surface area (Å²) in [5.74, 6) is -1.02. The van der Waals surface area contributed by atoms with E-state index in [1.165, 1.54) is 0 Å². The Balaban J connectivity index is 3.72. The average Bonchev–Trinajstić information content (AvgIpc) is 1.84. The highest BCUT2D eigenvalue weighted by Gasteiger charge is 2.16. The fraction of sp³-hybridized carbons (Fsp3) is 0.833. The second-order valence-corrected chi connectivity index (χ2v) is 2.34. The highest BCUT2D eigenvalue weighted by atomic mass is 16.4. The zero-order valence-corrected chi connectivity index (χ0v) is 5.79. The van der Waals surface area contributed by atoms with Crippen LogP contribution in [0.25, 0.3) is 0 Å². The lowest BCUT2D eigenvalue weighted by Gasteiger charge is -2.11. The van der Waals surface area contributed by atoms with E-state index in [9.17, 15) is 4.79 Å². The van der Waals surface area contributed by atoms with Crippen molar-refractivity contribution in [3.8, 4) is 0 Å². The summed E-state index contributed by atoms with van der Waals surface area (Å²) < 4.78 is 0. The first-order valence-electron chi connectivity index (χ1n) is 3.02. The van der Waals surface area contributed by atoms with Gasteiger partial charge >= 0.3 is 5.97 Å².